The highest BCUT2D eigenvalue weighted by atomic mass is 35.5. The van der Waals surface area contributed by atoms with Gasteiger partial charge in [-0.15, -0.1) is 23.2 Å². The summed E-state index contributed by atoms with van der Waals surface area (Å²) in [5, 5.41) is 47.9. The number of hydrogen-bond acceptors (Lipinski definition) is 8. The number of ether oxygens (including phenoxy) is 3. The van der Waals surface area contributed by atoms with Crippen LogP contribution in [0.15, 0.2) is 0 Å². The van der Waals surface area contributed by atoms with Crippen molar-refractivity contribution in [1.29, 1.82) is 0 Å². The minimum atomic E-state index is -1.81. The van der Waals surface area contributed by atoms with Crippen molar-refractivity contribution in [3.8, 4) is 0 Å². The zero-order valence-corrected chi connectivity index (χ0v) is 13.3. The van der Waals surface area contributed by atoms with Gasteiger partial charge in [0.05, 0.1) is 24.0 Å². The van der Waals surface area contributed by atoms with Crippen LogP contribution in [0.2, 0.25) is 0 Å². The van der Waals surface area contributed by atoms with Crippen molar-refractivity contribution in [2.75, 3.05) is 12.5 Å². The highest BCUT2D eigenvalue weighted by Gasteiger charge is 2.57. The van der Waals surface area contributed by atoms with Gasteiger partial charge < -0.3 is 39.7 Å². The molecule has 130 valence electrons. The van der Waals surface area contributed by atoms with E-state index in [0.29, 0.717) is 0 Å². The van der Waals surface area contributed by atoms with Crippen LogP contribution in [0.25, 0.3) is 0 Å². The molecule has 0 spiro atoms. The van der Waals surface area contributed by atoms with Gasteiger partial charge in [-0.05, 0) is 6.92 Å². The fourth-order valence-electron chi connectivity index (χ4n) is 2.55. The smallest absolute Gasteiger partial charge is 0.214 e. The Morgan fingerprint density at radius 2 is 1.77 bits per heavy atom. The molecule has 0 amide bonds. The van der Waals surface area contributed by atoms with E-state index in [2.05, 4.69) is 0 Å². The topological polar surface area (TPSA) is 129 Å². The lowest BCUT2D eigenvalue weighted by Crippen LogP contribution is -2.61. The quantitative estimate of drug-likeness (QED) is 0.368. The minimum absolute atomic E-state index is 0.355. The van der Waals surface area contributed by atoms with Crippen molar-refractivity contribution in [2.24, 2.45) is 0 Å². The van der Waals surface area contributed by atoms with E-state index in [1.165, 1.54) is 6.92 Å². The summed E-state index contributed by atoms with van der Waals surface area (Å²) >= 11 is 11.7. The molecule has 2 unspecified atom stereocenters. The summed E-state index contributed by atoms with van der Waals surface area (Å²) in [7, 11) is 0. The Bertz CT molecular complexity index is 386. The molecule has 0 aromatic carbocycles. The minimum Gasteiger partial charge on any atom is -0.394 e. The second-order valence-corrected chi connectivity index (χ2v) is 6.24. The van der Waals surface area contributed by atoms with Crippen molar-refractivity contribution in [3.63, 3.8) is 0 Å². The van der Waals surface area contributed by atoms with Crippen LogP contribution in [0.4, 0.5) is 0 Å². The lowest BCUT2D eigenvalue weighted by atomic mass is 10.0. The van der Waals surface area contributed by atoms with Crippen LogP contribution in [-0.4, -0.2) is 92.1 Å². The van der Waals surface area contributed by atoms with E-state index in [0.717, 1.165) is 0 Å². The Hall–Kier alpha value is 0.260. The SMILES string of the molecule is C[C@H]1O[C@](CCl)(O[C@H]2OC(CO)[C@H](Cl)[C@H](O)C2O)[C@H](O)[C@@H]1O. The van der Waals surface area contributed by atoms with Crippen molar-refractivity contribution in [1.82, 2.24) is 0 Å². The average Bonchev–Trinajstić information content (AvgIpc) is 2.72. The summed E-state index contributed by atoms with van der Waals surface area (Å²) in [4.78, 5) is 0. The van der Waals surface area contributed by atoms with E-state index in [-0.39, 0.29) is 5.88 Å². The Kier molecular flexibility index (Phi) is 5.93. The predicted octanol–water partition coefficient (Wildman–Crippen LogP) is -1.87. The molecule has 2 fully saturated rings. The molecule has 2 aliphatic heterocycles. The second kappa shape index (κ2) is 7.02. The Morgan fingerprint density at radius 3 is 2.23 bits per heavy atom. The van der Waals surface area contributed by atoms with Gasteiger partial charge in [-0.2, -0.15) is 0 Å². The summed E-state index contributed by atoms with van der Waals surface area (Å²) in [5.41, 5.74) is 0. The fraction of sp³-hybridized carbons (Fsp3) is 1.00. The zero-order valence-electron chi connectivity index (χ0n) is 11.7. The first-order valence-corrected chi connectivity index (χ1v) is 7.78. The summed E-state index contributed by atoms with van der Waals surface area (Å²) in [6.45, 7) is 1.01. The number of hydrogen-bond donors (Lipinski definition) is 5. The first-order valence-electron chi connectivity index (χ1n) is 6.81. The van der Waals surface area contributed by atoms with Crippen LogP contribution in [0.3, 0.4) is 0 Å². The van der Waals surface area contributed by atoms with Crippen LogP contribution >= 0.6 is 23.2 Å². The lowest BCUT2D eigenvalue weighted by Gasteiger charge is -2.43. The first-order chi connectivity index (χ1) is 10.3. The molecule has 8 nitrogen and oxygen atoms in total. The zero-order chi connectivity index (χ0) is 16.7. The van der Waals surface area contributed by atoms with Crippen molar-refractivity contribution >= 4 is 23.2 Å². The molecule has 0 saturated carbocycles. The summed E-state index contributed by atoms with van der Waals surface area (Å²) < 4.78 is 16.1. The lowest BCUT2D eigenvalue weighted by molar-refractivity contribution is -0.357. The monoisotopic (exact) mass is 362 g/mol. The number of alkyl halides is 2. The number of halogens is 2. The van der Waals surface area contributed by atoms with Gasteiger partial charge in [0.25, 0.3) is 0 Å². The molecule has 0 aromatic heterocycles. The van der Waals surface area contributed by atoms with Crippen LogP contribution in [0.1, 0.15) is 6.92 Å². The third-order valence-corrected chi connectivity index (χ3v) is 4.85. The van der Waals surface area contributed by atoms with Gasteiger partial charge in [-0.3, -0.25) is 0 Å². The molecular weight excluding hydrogens is 343 g/mol. The van der Waals surface area contributed by atoms with Crippen LogP contribution < -0.4 is 0 Å². The molecule has 2 rings (SSSR count). The maximum atomic E-state index is 10.1. The van der Waals surface area contributed by atoms with Gasteiger partial charge in [-0.1, -0.05) is 0 Å². The average molecular weight is 363 g/mol. The molecule has 0 radical (unpaired) electrons. The van der Waals surface area contributed by atoms with Gasteiger partial charge in [0.15, 0.2) is 6.29 Å². The van der Waals surface area contributed by atoms with Crippen LogP contribution in [-0.2, 0) is 14.2 Å². The molecule has 2 aliphatic rings. The standard InChI is InChI=1S/C12H20Cl2O8/c1-4-7(16)10(19)12(3-13,21-4)22-11-9(18)8(17)6(14)5(2-15)20-11/h4-11,15-19H,2-3H2,1H3/t4-,5?,6+,7-,8+,9?,10-,11-,12-/m1/s1. The Balaban J connectivity index is 2.17. The van der Waals surface area contributed by atoms with Gasteiger partial charge in [0, 0.05) is 0 Å². The molecule has 2 saturated heterocycles. The van der Waals surface area contributed by atoms with Crippen molar-refractivity contribution in [3.05, 3.63) is 0 Å². The largest absolute Gasteiger partial charge is 0.394 e. The van der Waals surface area contributed by atoms with Crippen molar-refractivity contribution in [2.45, 2.75) is 61.0 Å². The summed E-state index contributed by atoms with van der Waals surface area (Å²) in [5.74, 6) is -2.17. The summed E-state index contributed by atoms with van der Waals surface area (Å²) in [6, 6.07) is 0. The molecule has 0 bridgehead atoms. The molecule has 10 heteroatoms. The van der Waals surface area contributed by atoms with E-state index < -0.39 is 60.7 Å². The third-order valence-electron chi connectivity index (χ3n) is 3.94. The van der Waals surface area contributed by atoms with E-state index in [1.54, 1.807) is 0 Å². The molecule has 9 atom stereocenters. The van der Waals surface area contributed by atoms with E-state index >= 15 is 0 Å². The molecule has 0 aromatic rings. The number of aliphatic hydroxyl groups is 5. The number of aliphatic hydroxyl groups excluding tert-OH is 5. The Labute approximate surface area is 137 Å². The number of rotatable bonds is 4. The maximum Gasteiger partial charge on any atom is 0.214 e. The van der Waals surface area contributed by atoms with E-state index in [1.807, 2.05) is 0 Å². The normalized spacial score (nSPS) is 52.9. The van der Waals surface area contributed by atoms with E-state index in [9.17, 15) is 25.5 Å². The second-order valence-electron chi connectivity index (χ2n) is 5.47. The summed E-state index contributed by atoms with van der Waals surface area (Å²) in [6.07, 6.45) is -8.88. The maximum absolute atomic E-state index is 10.1. The molecule has 0 aliphatic carbocycles. The highest BCUT2D eigenvalue weighted by molar-refractivity contribution is 6.21. The van der Waals surface area contributed by atoms with Gasteiger partial charge >= 0.3 is 0 Å². The molecular formula is C12H20Cl2O8. The van der Waals surface area contributed by atoms with Crippen molar-refractivity contribution < 1.29 is 39.7 Å². The van der Waals surface area contributed by atoms with Crippen LogP contribution in [0, 0.1) is 0 Å². The third kappa shape index (κ3) is 3.10. The van der Waals surface area contributed by atoms with Gasteiger partial charge in [0.1, 0.15) is 30.5 Å². The molecule has 22 heavy (non-hydrogen) atoms. The van der Waals surface area contributed by atoms with E-state index in [4.69, 9.17) is 37.4 Å². The van der Waals surface area contributed by atoms with Gasteiger partial charge in [0.2, 0.25) is 5.79 Å². The van der Waals surface area contributed by atoms with Crippen LogP contribution in [0.5, 0.6) is 0 Å². The Morgan fingerprint density at radius 1 is 1.14 bits per heavy atom. The highest BCUT2D eigenvalue weighted by Crippen LogP contribution is 2.37. The fourth-order valence-corrected chi connectivity index (χ4v) is 3.12. The van der Waals surface area contributed by atoms with Gasteiger partial charge in [-0.25, -0.2) is 0 Å². The first kappa shape index (κ1) is 18.6. The molecule has 5 N–H and O–H groups in total. The molecule has 2 heterocycles. The predicted molar refractivity (Wildman–Crippen MR) is 74.5 cm³/mol.